The molecule has 0 aliphatic carbocycles. The fourth-order valence-corrected chi connectivity index (χ4v) is 6.34. The Morgan fingerprint density at radius 1 is 0.527 bits per heavy atom. The molecule has 55 heavy (non-hydrogen) atoms. The van der Waals surface area contributed by atoms with Gasteiger partial charge in [-0.05, 0) is 62.6 Å². The van der Waals surface area contributed by atoms with Gasteiger partial charge in [0.15, 0.2) is 0 Å². The van der Waals surface area contributed by atoms with E-state index in [0.717, 1.165) is 0 Å². The van der Waals surface area contributed by atoms with Crippen molar-refractivity contribution >= 4 is 45.6 Å². The number of carboxylic acids is 1. The predicted molar refractivity (Wildman–Crippen MR) is 212 cm³/mol. The number of nitrogens with one attached hydrogen (secondary N) is 5. The maximum Gasteiger partial charge on any atom is 0.326 e. The highest BCUT2D eigenvalue weighted by atomic mass is 32.2. The van der Waals surface area contributed by atoms with Gasteiger partial charge in [-0.3, -0.25) is 28.5 Å². The Kier molecular flexibility index (Phi) is 24.2. The second kappa shape index (κ2) is 25.8. The van der Waals surface area contributed by atoms with Gasteiger partial charge in [-0.2, -0.15) is 8.42 Å². The molecule has 0 heterocycles. The lowest BCUT2D eigenvalue weighted by Gasteiger charge is -2.32. The summed E-state index contributed by atoms with van der Waals surface area (Å²) in [6.07, 6.45) is 3.37. The molecule has 0 aromatic heterocycles. The second-order valence-corrected chi connectivity index (χ2v) is 16.9. The minimum absolute atomic E-state index is 0.105. The average molecular weight is 805 g/mol. The van der Waals surface area contributed by atoms with Crippen molar-refractivity contribution in [3.8, 4) is 0 Å². The highest BCUT2D eigenvalue weighted by Gasteiger charge is 2.37. The summed E-state index contributed by atoms with van der Waals surface area (Å²) in [5.74, 6) is -5.99. The Balaban J connectivity index is 6.02. The molecule has 0 aromatic rings. The van der Waals surface area contributed by atoms with Crippen LogP contribution < -0.4 is 26.6 Å². The molecule has 0 radical (unpaired) electrons. The molecule has 0 fully saturated rings. The number of carbonyl (C=O) groups is 6. The van der Waals surface area contributed by atoms with Crippen LogP contribution in [0.2, 0.25) is 0 Å². The number of aliphatic carboxylic acids is 1. The van der Waals surface area contributed by atoms with Crippen LogP contribution in [-0.2, 0) is 38.9 Å². The van der Waals surface area contributed by atoms with Crippen molar-refractivity contribution < 1.29 is 46.8 Å². The van der Waals surface area contributed by atoms with Crippen LogP contribution in [0.1, 0.15) is 121 Å². The van der Waals surface area contributed by atoms with Gasteiger partial charge in [-0.1, -0.05) is 101 Å². The summed E-state index contributed by atoms with van der Waals surface area (Å²) in [6.45, 7) is 19.1. The minimum Gasteiger partial charge on any atom is -0.480 e. The summed E-state index contributed by atoms with van der Waals surface area (Å²) in [5.41, 5.74) is 0. The maximum absolute atomic E-state index is 14.0. The van der Waals surface area contributed by atoms with Crippen molar-refractivity contribution in [3.05, 3.63) is 0 Å². The number of rotatable bonds is 28. The molecule has 0 aliphatic rings. The van der Waals surface area contributed by atoms with Gasteiger partial charge in [0.25, 0.3) is 10.1 Å². The van der Waals surface area contributed by atoms with Crippen LogP contribution >= 0.6 is 0 Å². The Morgan fingerprint density at radius 2 is 0.818 bits per heavy atom. The summed E-state index contributed by atoms with van der Waals surface area (Å²) in [7, 11) is -2.27. The van der Waals surface area contributed by atoms with Crippen molar-refractivity contribution in [1.29, 1.82) is 0 Å². The van der Waals surface area contributed by atoms with Gasteiger partial charge in [-0.15, -0.1) is 0 Å². The SMILES string of the molecule is CCC(C)C(NC(=O)C(NC(=O)C(NC(=O)C(NC(=O)C(NC(=O)CCCN(C)CCCS(=O)(=O)O)C(C)CC)C(C)CC)C(C)CC)C(C)CC)C(=O)O. The molecule has 0 bridgehead atoms. The van der Waals surface area contributed by atoms with E-state index in [4.69, 9.17) is 4.55 Å². The molecule has 0 spiro atoms. The number of amides is 5. The quantitative estimate of drug-likeness (QED) is 0.0568. The molecule has 17 heteroatoms. The van der Waals surface area contributed by atoms with Crippen LogP contribution in [0.15, 0.2) is 0 Å². The number of hydrogen-bond acceptors (Lipinski definition) is 9. The third-order valence-electron chi connectivity index (χ3n) is 10.9. The molecule has 7 N–H and O–H groups in total. The molecular formula is C38H72N6O10S. The van der Waals surface area contributed by atoms with Crippen LogP contribution in [0.4, 0.5) is 0 Å². The third-order valence-corrected chi connectivity index (χ3v) is 11.7. The van der Waals surface area contributed by atoms with E-state index < -0.39 is 69.9 Å². The van der Waals surface area contributed by atoms with Gasteiger partial charge in [0.05, 0.1) is 5.75 Å². The average Bonchev–Trinajstić information content (AvgIpc) is 3.13. The van der Waals surface area contributed by atoms with Crippen LogP contribution in [0, 0.1) is 29.6 Å². The zero-order valence-electron chi connectivity index (χ0n) is 35.1. The van der Waals surface area contributed by atoms with E-state index in [0.29, 0.717) is 51.6 Å². The van der Waals surface area contributed by atoms with Gasteiger partial charge in [0.2, 0.25) is 29.5 Å². The van der Waals surface area contributed by atoms with Crippen LogP contribution in [-0.4, -0.2) is 115 Å². The summed E-state index contributed by atoms with van der Waals surface area (Å²) >= 11 is 0. The molecule has 16 nitrogen and oxygen atoms in total. The zero-order valence-corrected chi connectivity index (χ0v) is 35.9. The van der Waals surface area contributed by atoms with Crippen molar-refractivity contribution in [2.24, 2.45) is 29.6 Å². The summed E-state index contributed by atoms with van der Waals surface area (Å²) in [6, 6.07) is -5.30. The third kappa shape index (κ3) is 18.9. The van der Waals surface area contributed by atoms with E-state index in [-0.39, 0.29) is 54.1 Å². The monoisotopic (exact) mass is 805 g/mol. The first-order valence-electron chi connectivity index (χ1n) is 20.0. The van der Waals surface area contributed by atoms with Gasteiger partial charge in [0, 0.05) is 6.42 Å². The Bertz CT molecular complexity index is 1350. The first kappa shape index (κ1) is 51.7. The standard InChI is InChI=1S/C38H72N6O10S/c1-12-23(6)29(39-28(45)19-17-20-44(11)21-18-22-55(52,53)54)34(46)40-30(24(7)13-2)35(47)41-31(25(8)14-3)36(48)42-32(26(9)15-4)37(49)43-33(38(50)51)27(10)16-5/h23-27,29-33H,12-22H2,1-11H3,(H,39,45)(H,40,46)(H,41,47)(H,42,48)(H,43,49)(H,50,51)(H,52,53,54). The number of carbonyl (C=O) groups excluding carboxylic acids is 5. The molecule has 0 rings (SSSR count). The van der Waals surface area contributed by atoms with Gasteiger partial charge in [0.1, 0.15) is 30.2 Å². The Morgan fingerprint density at radius 3 is 1.13 bits per heavy atom. The van der Waals surface area contributed by atoms with E-state index in [2.05, 4.69) is 26.6 Å². The van der Waals surface area contributed by atoms with E-state index in [1.54, 1.807) is 34.7 Å². The largest absolute Gasteiger partial charge is 0.480 e. The Hall–Kier alpha value is -3.31. The first-order valence-corrected chi connectivity index (χ1v) is 21.6. The molecule has 10 atom stereocenters. The van der Waals surface area contributed by atoms with Crippen molar-refractivity contribution in [2.45, 2.75) is 151 Å². The normalized spacial score (nSPS) is 17.3. The zero-order chi connectivity index (χ0) is 42.6. The summed E-state index contributed by atoms with van der Waals surface area (Å²) in [4.78, 5) is 81.9. The first-order chi connectivity index (χ1) is 25.6. The molecule has 10 unspecified atom stereocenters. The lowest BCUT2D eigenvalue weighted by atomic mass is 9.92. The van der Waals surface area contributed by atoms with Gasteiger partial charge in [-0.25, -0.2) is 4.79 Å². The predicted octanol–water partition coefficient (Wildman–Crippen LogP) is 2.72. The van der Waals surface area contributed by atoms with E-state index in [1.165, 1.54) is 0 Å². The van der Waals surface area contributed by atoms with Crippen LogP contribution in [0.3, 0.4) is 0 Å². The number of carboxylic acid groups (broad SMARTS) is 1. The topological polar surface area (TPSA) is 240 Å². The van der Waals surface area contributed by atoms with Gasteiger partial charge >= 0.3 is 5.97 Å². The molecule has 5 amide bonds. The van der Waals surface area contributed by atoms with Crippen molar-refractivity contribution in [2.75, 3.05) is 25.9 Å². The molecule has 320 valence electrons. The van der Waals surface area contributed by atoms with Crippen molar-refractivity contribution in [1.82, 2.24) is 31.5 Å². The fourth-order valence-electron chi connectivity index (χ4n) is 5.85. The molecule has 0 aromatic carbocycles. The van der Waals surface area contributed by atoms with Crippen molar-refractivity contribution in [3.63, 3.8) is 0 Å². The molecular weight excluding hydrogens is 733 g/mol. The highest BCUT2D eigenvalue weighted by molar-refractivity contribution is 7.85. The lowest BCUT2D eigenvalue weighted by Crippen LogP contribution is -2.62. The van der Waals surface area contributed by atoms with Gasteiger partial charge < -0.3 is 36.6 Å². The maximum atomic E-state index is 14.0. The fraction of sp³-hybridized carbons (Fsp3) is 0.842. The smallest absolute Gasteiger partial charge is 0.326 e. The minimum atomic E-state index is -4.04. The van der Waals surface area contributed by atoms with Crippen LogP contribution in [0.25, 0.3) is 0 Å². The Labute approximate surface area is 329 Å². The van der Waals surface area contributed by atoms with E-state index >= 15 is 0 Å². The highest BCUT2D eigenvalue weighted by Crippen LogP contribution is 2.17. The molecule has 0 saturated heterocycles. The lowest BCUT2D eigenvalue weighted by molar-refractivity contribution is -0.144. The van der Waals surface area contributed by atoms with E-state index in [9.17, 15) is 42.3 Å². The van der Waals surface area contributed by atoms with Crippen LogP contribution in [0.5, 0.6) is 0 Å². The molecule has 0 saturated carbocycles. The molecule has 0 aliphatic heterocycles. The number of hydrogen-bond donors (Lipinski definition) is 7. The second-order valence-electron chi connectivity index (χ2n) is 15.3. The summed E-state index contributed by atoms with van der Waals surface area (Å²) in [5, 5.41) is 23.6. The number of nitrogens with zero attached hydrogens (tertiary/aromatic N) is 1. The van der Waals surface area contributed by atoms with E-state index in [1.807, 2.05) is 46.4 Å². The summed E-state index contributed by atoms with van der Waals surface area (Å²) < 4.78 is 30.8.